The van der Waals surface area contributed by atoms with E-state index in [9.17, 15) is 0 Å². The van der Waals surface area contributed by atoms with Gasteiger partial charge >= 0.3 is 0 Å². The first-order chi connectivity index (χ1) is 10.4. The Morgan fingerprint density at radius 2 is 2.00 bits per heavy atom. The van der Waals surface area contributed by atoms with Crippen LogP contribution in [0.15, 0.2) is 9.05 Å². The fraction of sp³-hybridized carbons (Fsp3) is 0.733. The molecule has 0 aliphatic carbocycles. The van der Waals surface area contributed by atoms with Crippen LogP contribution in [0.5, 0.6) is 0 Å². The van der Waals surface area contributed by atoms with Crippen LogP contribution in [0.25, 0.3) is 0 Å². The summed E-state index contributed by atoms with van der Waals surface area (Å²) in [6, 6.07) is 0. The van der Waals surface area contributed by atoms with Gasteiger partial charge in [-0.15, -0.1) is 0 Å². The summed E-state index contributed by atoms with van der Waals surface area (Å²) in [5, 5.41) is 7.97. The van der Waals surface area contributed by atoms with Gasteiger partial charge in [0.2, 0.25) is 11.8 Å². The van der Waals surface area contributed by atoms with E-state index < -0.39 is 0 Å². The van der Waals surface area contributed by atoms with E-state index in [0.29, 0.717) is 24.2 Å². The van der Waals surface area contributed by atoms with Crippen LogP contribution < -0.4 is 0 Å². The van der Waals surface area contributed by atoms with Gasteiger partial charge in [0.25, 0.3) is 0 Å². The van der Waals surface area contributed by atoms with Gasteiger partial charge in [0.05, 0.1) is 12.5 Å². The first-order valence-electron chi connectivity index (χ1n) is 7.77. The second-order valence-corrected chi connectivity index (χ2v) is 7.02. The third-order valence-corrected chi connectivity index (χ3v) is 3.90. The number of rotatable bonds is 3. The summed E-state index contributed by atoms with van der Waals surface area (Å²) in [6.45, 7) is 10.7. The molecule has 3 rings (SSSR count). The molecule has 120 valence electrons. The highest BCUT2D eigenvalue weighted by molar-refractivity contribution is 5.01. The minimum atomic E-state index is -0.0898. The van der Waals surface area contributed by atoms with Gasteiger partial charge in [0, 0.05) is 12.0 Å². The van der Waals surface area contributed by atoms with Crippen molar-refractivity contribution >= 4 is 0 Å². The Labute approximate surface area is 130 Å². The van der Waals surface area contributed by atoms with E-state index in [4.69, 9.17) is 9.05 Å². The molecule has 0 saturated carbocycles. The van der Waals surface area contributed by atoms with Crippen molar-refractivity contribution in [3.8, 4) is 0 Å². The Morgan fingerprint density at radius 3 is 2.64 bits per heavy atom. The van der Waals surface area contributed by atoms with Gasteiger partial charge in [-0.2, -0.15) is 9.97 Å². The van der Waals surface area contributed by atoms with Crippen molar-refractivity contribution in [2.24, 2.45) is 0 Å². The summed E-state index contributed by atoms with van der Waals surface area (Å²) in [5.41, 5.74) is -0.0898. The molecule has 1 fully saturated rings. The molecule has 0 amide bonds. The van der Waals surface area contributed by atoms with E-state index in [1.165, 1.54) is 0 Å². The topological polar surface area (TPSA) is 81.1 Å². The number of likely N-dealkylation sites (tertiary alicyclic amines) is 1. The second-order valence-electron chi connectivity index (χ2n) is 7.02. The van der Waals surface area contributed by atoms with Gasteiger partial charge in [0.1, 0.15) is 0 Å². The van der Waals surface area contributed by atoms with E-state index in [-0.39, 0.29) is 5.41 Å². The molecule has 0 N–H and O–H groups in total. The van der Waals surface area contributed by atoms with Gasteiger partial charge in [-0.1, -0.05) is 31.1 Å². The highest BCUT2D eigenvalue weighted by atomic mass is 16.5. The van der Waals surface area contributed by atoms with Gasteiger partial charge in [-0.3, -0.25) is 4.90 Å². The minimum absolute atomic E-state index is 0.0898. The molecule has 7 nitrogen and oxygen atoms in total. The lowest BCUT2D eigenvalue weighted by Crippen LogP contribution is -2.34. The number of aromatic nitrogens is 4. The minimum Gasteiger partial charge on any atom is -0.339 e. The van der Waals surface area contributed by atoms with Crippen LogP contribution in [-0.2, 0) is 12.0 Å². The predicted molar refractivity (Wildman–Crippen MR) is 79.3 cm³/mol. The summed E-state index contributed by atoms with van der Waals surface area (Å²) in [6.07, 6.45) is 2.18. The van der Waals surface area contributed by atoms with E-state index in [0.717, 1.165) is 37.6 Å². The number of piperidine rings is 1. The molecule has 0 bridgehead atoms. The first-order valence-corrected chi connectivity index (χ1v) is 7.77. The molecule has 1 saturated heterocycles. The fourth-order valence-electron chi connectivity index (χ4n) is 2.69. The molecule has 2 aromatic rings. The van der Waals surface area contributed by atoms with E-state index >= 15 is 0 Å². The Hall–Kier alpha value is -1.76. The summed E-state index contributed by atoms with van der Waals surface area (Å²) in [5.74, 6) is 3.15. The molecule has 7 heteroatoms. The molecule has 1 aliphatic heterocycles. The molecule has 1 atom stereocenters. The van der Waals surface area contributed by atoms with Gasteiger partial charge in [0.15, 0.2) is 11.6 Å². The molecule has 1 aliphatic rings. The molecule has 0 spiro atoms. The molecule has 0 radical (unpaired) electrons. The highest BCUT2D eigenvalue weighted by Gasteiger charge is 2.27. The monoisotopic (exact) mass is 305 g/mol. The third-order valence-electron chi connectivity index (χ3n) is 3.90. The molecular formula is C15H23N5O2. The van der Waals surface area contributed by atoms with Crippen molar-refractivity contribution < 1.29 is 9.05 Å². The Morgan fingerprint density at radius 1 is 1.18 bits per heavy atom. The summed E-state index contributed by atoms with van der Waals surface area (Å²) in [7, 11) is 0. The molecule has 2 aromatic heterocycles. The number of aryl methyl sites for hydroxylation is 1. The summed E-state index contributed by atoms with van der Waals surface area (Å²) < 4.78 is 10.7. The fourth-order valence-corrected chi connectivity index (χ4v) is 2.69. The Balaban J connectivity index is 1.64. The van der Waals surface area contributed by atoms with Gasteiger partial charge in [-0.25, -0.2) is 0 Å². The van der Waals surface area contributed by atoms with Crippen LogP contribution in [0.3, 0.4) is 0 Å². The van der Waals surface area contributed by atoms with Crippen molar-refractivity contribution in [3.05, 3.63) is 23.4 Å². The number of hydrogen-bond acceptors (Lipinski definition) is 7. The van der Waals surface area contributed by atoms with Crippen molar-refractivity contribution in [2.45, 2.75) is 58.4 Å². The van der Waals surface area contributed by atoms with Gasteiger partial charge < -0.3 is 9.05 Å². The highest BCUT2D eigenvalue weighted by Crippen LogP contribution is 2.27. The van der Waals surface area contributed by atoms with Crippen LogP contribution >= 0.6 is 0 Å². The Bertz CT molecular complexity index is 628. The van der Waals surface area contributed by atoms with Crippen molar-refractivity contribution in [3.63, 3.8) is 0 Å². The maximum Gasteiger partial charge on any atom is 0.240 e. The molecule has 0 aromatic carbocycles. The number of hydrogen-bond donors (Lipinski definition) is 0. The van der Waals surface area contributed by atoms with Crippen molar-refractivity contribution in [1.82, 2.24) is 25.2 Å². The van der Waals surface area contributed by atoms with E-state index in [1.807, 2.05) is 6.92 Å². The van der Waals surface area contributed by atoms with Crippen molar-refractivity contribution in [2.75, 3.05) is 13.1 Å². The first kappa shape index (κ1) is 15.1. The number of nitrogens with zero attached hydrogens (tertiary/aromatic N) is 5. The Kier molecular flexibility index (Phi) is 3.99. The quantitative estimate of drug-likeness (QED) is 0.861. The van der Waals surface area contributed by atoms with E-state index in [1.54, 1.807) is 0 Å². The summed E-state index contributed by atoms with van der Waals surface area (Å²) in [4.78, 5) is 11.2. The molecule has 0 unspecified atom stereocenters. The molecule has 3 heterocycles. The normalized spacial score (nSPS) is 20.5. The van der Waals surface area contributed by atoms with E-state index in [2.05, 4.69) is 46.0 Å². The van der Waals surface area contributed by atoms with Gasteiger partial charge in [-0.05, 0) is 26.3 Å². The van der Waals surface area contributed by atoms with Crippen LogP contribution in [0.2, 0.25) is 0 Å². The third kappa shape index (κ3) is 3.35. The lowest BCUT2D eigenvalue weighted by molar-refractivity contribution is 0.162. The predicted octanol–water partition coefficient (Wildman–Crippen LogP) is 2.44. The second kappa shape index (κ2) is 5.79. The molecule has 22 heavy (non-hydrogen) atoms. The standard InChI is InChI=1S/C15H23N5O2/c1-10-16-13(22-18-10)11-6-5-7-20(8-11)9-12-17-14(19-21-12)15(2,3)4/h11H,5-9H2,1-4H3/t11-/m0/s1. The lowest BCUT2D eigenvalue weighted by Gasteiger charge is -2.29. The zero-order valence-corrected chi connectivity index (χ0v) is 13.7. The smallest absolute Gasteiger partial charge is 0.240 e. The summed E-state index contributed by atoms with van der Waals surface area (Å²) >= 11 is 0. The molecular weight excluding hydrogens is 282 g/mol. The van der Waals surface area contributed by atoms with Crippen molar-refractivity contribution in [1.29, 1.82) is 0 Å². The zero-order valence-electron chi connectivity index (χ0n) is 13.7. The van der Waals surface area contributed by atoms with Crippen LogP contribution in [0.1, 0.15) is 63.0 Å². The maximum absolute atomic E-state index is 5.38. The largest absolute Gasteiger partial charge is 0.339 e. The van der Waals surface area contributed by atoms with Crippen LogP contribution in [0, 0.1) is 6.92 Å². The SMILES string of the molecule is Cc1noc([C@H]2CCCN(Cc3nc(C(C)(C)C)no3)C2)n1. The van der Waals surface area contributed by atoms with Crippen LogP contribution in [-0.4, -0.2) is 38.3 Å². The maximum atomic E-state index is 5.38. The van der Waals surface area contributed by atoms with Crippen LogP contribution in [0.4, 0.5) is 0 Å². The zero-order chi connectivity index (χ0) is 15.7. The lowest BCUT2D eigenvalue weighted by atomic mass is 9.96. The average Bonchev–Trinajstić information content (AvgIpc) is 3.08. The average molecular weight is 305 g/mol.